The van der Waals surface area contributed by atoms with Crippen molar-refractivity contribution in [1.29, 1.82) is 5.26 Å². The topological polar surface area (TPSA) is 104 Å². The largest absolute Gasteiger partial charge is 0.449 e. The normalized spacial score (nSPS) is 19.9. The summed E-state index contributed by atoms with van der Waals surface area (Å²) in [6, 6.07) is 10.3. The summed E-state index contributed by atoms with van der Waals surface area (Å²) < 4.78 is 5.89. The molecule has 0 bridgehead atoms. The average Bonchev–Trinajstić information content (AvgIpc) is 3.54. The van der Waals surface area contributed by atoms with E-state index in [1.165, 1.54) is 0 Å². The second-order valence-electron chi connectivity index (χ2n) is 8.69. The summed E-state index contributed by atoms with van der Waals surface area (Å²) in [5.41, 5.74) is 2.58. The highest BCUT2D eigenvalue weighted by Crippen LogP contribution is 2.44. The molecule has 1 fully saturated rings. The number of anilines is 1. The Morgan fingerprint density at radius 3 is 2.91 bits per heavy atom. The molecule has 1 atom stereocenters. The summed E-state index contributed by atoms with van der Waals surface area (Å²) >= 11 is 1.57. The number of nitrogens with zero attached hydrogens (tertiary/aromatic N) is 3. The Bertz CT molecular complexity index is 1420. The Kier molecular flexibility index (Phi) is 4.24. The van der Waals surface area contributed by atoms with E-state index in [4.69, 9.17) is 9.40 Å². The number of aromatic nitrogens is 2. The summed E-state index contributed by atoms with van der Waals surface area (Å²) in [5.74, 6) is 0.101. The molecule has 0 saturated heterocycles. The maximum atomic E-state index is 12.5. The van der Waals surface area contributed by atoms with Crippen LogP contribution in [0.25, 0.3) is 32.6 Å². The number of carbonyl (C=O) groups excluding carboxylic acids is 1. The Hall–Kier alpha value is -3.44. The number of benzene rings is 1. The van der Waals surface area contributed by atoms with Crippen molar-refractivity contribution < 1.29 is 9.21 Å². The molecule has 0 spiro atoms. The molecule has 1 saturated carbocycles. The molecule has 3 aromatic heterocycles. The summed E-state index contributed by atoms with van der Waals surface area (Å²) in [7, 11) is 0. The number of fused-ring (bicyclic) bond motifs is 5. The van der Waals surface area contributed by atoms with Crippen LogP contribution in [-0.4, -0.2) is 28.5 Å². The minimum absolute atomic E-state index is 0.00974. The van der Waals surface area contributed by atoms with Crippen molar-refractivity contribution in [1.82, 2.24) is 15.3 Å². The SMILES string of the molecule is CC1CNc2c(oc3ccc4nc(-c5ncc(C6(C#N)CCCC6)s5)ccc4c23)C(=O)N1. The number of thiazole rings is 1. The molecule has 6 rings (SSSR count). The summed E-state index contributed by atoms with van der Waals surface area (Å²) in [4.78, 5) is 23.0. The van der Waals surface area contributed by atoms with E-state index in [9.17, 15) is 10.1 Å². The molecule has 1 aliphatic carbocycles. The van der Waals surface area contributed by atoms with Gasteiger partial charge in [0.15, 0.2) is 0 Å². The highest BCUT2D eigenvalue weighted by molar-refractivity contribution is 7.15. The molecule has 7 nitrogen and oxygen atoms in total. The van der Waals surface area contributed by atoms with E-state index in [-0.39, 0.29) is 11.9 Å². The van der Waals surface area contributed by atoms with E-state index >= 15 is 0 Å². The van der Waals surface area contributed by atoms with Crippen LogP contribution in [-0.2, 0) is 5.41 Å². The zero-order valence-corrected chi connectivity index (χ0v) is 18.4. The van der Waals surface area contributed by atoms with E-state index in [0.29, 0.717) is 17.9 Å². The molecule has 160 valence electrons. The minimum atomic E-state index is -0.392. The molecule has 4 heterocycles. The Morgan fingerprint density at radius 2 is 2.09 bits per heavy atom. The number of furan rings is 1. The van der Waals surface area contributed by atoms with E-state index < -0.39 is 5.41 Å². The van der Waals surface area contributed by atoms with E-state index in [0.717, 1.165) is 63.2 Å². The Labute approximate surface area is 188 Å². The fourth-order valence-corrected chi connectivity index (χ4v) is 5.93. The van der Waals surface area contributed by atoms with Crippen LogP contribution in [0, 0.1) is 11.3 Å². The van der Waals surface area contributed by atoms with Crippen molar-refractivity contribution in [3.8, 4) is 16.8 Å². The first kappa shape index (κ1) is 19.3. The van der Waals surface area contributed by atoms with E-state index in [1.807, 2.05) is 37.4 Å². The molecule has 2 N–H and O–H groups in total. The van der Waals surface area contributed by atoms with Crippen LogP contribution in [0.4, 0.5) is 5.69 Å². The first-order valence-corrected chi connectivity index (χ1v) is 11.7. The number of hydrogen-bond acceptors (Lipinski definition) is 7. The minimum Gasteiger partial charge on any atom is -0.449 e. The molecule has 32 heavy (non-hydrogen) atoms. The monoisotopic (exact) mass is 443 g/mol. The van der Waals surface area contributed by atoms with Gasteiger partial charge >= 0.3 is 0 Å². The molecule has 1 aliphatic heterocycles. The van der Waals surface area contributed by atoms with Gasteiger partial charge < -0.3 is 15.1 Å². The van der Waals surface area contributed by atoms with Crippen LogP contribution in [0.5, 0.6) is 0 Å². The third-order valence-electron chi connectivity index (χ3n) is 6.56. The highest BCUT2D eigenvalue weighted by Gasteiger charge is 2.37. The number of nitrogens with one attached hydrogen (secondary N) is 2. The van der Waals surface area contributed by atoms with Gasteiger partial charge in [-0.25, -0.2) is 9.97 Å². The Morgan fingerprint density at radius 1 is 1.25 bits per heavy atom. The lowest BCUT2D eigenvalue weighted by Gasteiger charge is -2.16. The molecule has 0 radical (unpaired) electrons. The van der Waals surface area contributed by atoms with Gasteiger partial charge in [0, 0.05) is 29.0 Å². The van der Waals surface area contributed by atoms with Crippen molar-refractivity contribution in [2.45, 2.75) is 44.1 Å². The van der Waals surface area contributed by atoms with Gasteiger partial charge in [-0.15, -0.1) is 11.3 Å². The predicted molar refractivity (Wildman–Crippen MR) is 124 cm³/mol. The van der Waals surface area contributed by atoms with Crippen molar-refractivity contribution in [2.75, 3.05) is 11.9 Å². The predicted octanol–water partition coefficient (Wildman–Crippen LogP) is 4.98. The van der Waals surface area contributed by atoms with Gasteiger partial charge in [0.2, 0.25) is 5.76 Å². The molecule has 4 aromatic rings. The van der Waals surface area contributed by atoms with Crippen LogP contribution >= 0.6 is 11.3 Å². The third-order valence-corrected chi connectivity index (χ3v) is 7.78. The first-order valence-electron chi connectivity index (χ1n) is 10.9. The van der Waals surface area contributed by atoms with Crippen LogP contribution in [0.1, 0.15) is 48.0 Å². The van der Waals surface area contributed by atoms with Gasteiger partial charge in [0.05, 0.1) is 33.8 Å². The Balaban J connectivity index is 1.45. The smallest absolute Gasteiger partial charge is 0.289 e. The van der Waals surface area contributed by atoms with Crippen LogP contribution in [0.2, 0.25) is 0 Å². The van der Waals surface area contributed by atoms with Gasteiger partial charge in [-0.05, 0) is 44.0 Å². The van der Waals surface area contributed by atoms with Crippen LogP contribution in [0.15, 0.2) is 34.9 Å². The maximum Gasteiger partial charge on any atom is 0.289 e. The van der Waals surface area contributed by atoms with Crippen molar-refractivity contribution in [2.24, 2.45) is 0 Å². The summed E-state index contributed by atoms with van der Waals surface area (Å²) in [5, 5.41) is 18.7. The fraction of sp³-hybridized carbons (Fsp3) is 0.333. The quantitative estimate of drug-likeness (QED) is 0.453. The number of rotatable bonds is 2. The zero-order chi connectivity index (χ0) is 21.9. The molecule has 1 unspecified atom stereocenters. The highest BCUT2D eigenvalue weighted by atomic mass is 32.1. The third kappa shape index (κ3) is 2.81. The molecule has 1 amide bonds. The fourth-order valence-electron chi connectivity index (χ4n) is 4.85. The van der Waals surface area contributed by atoms with Gasteiger partial charge in [0.25, 0.3) is 5.91 Å². The zero-order valence-electron chi connectivity index (χ0n) is 17.6. The lowest BCUT2D eigenvalue weighted by atomic mass is 9.87. The second kappa shape index (κ2) is 7.04. The van der Waals surface area contributed by atoms with Crippen LogP contribution in [0.3, 0.4) is 0 Å². The molecular formula is C24H21N5O2S. The summed E-state index contributed by atoms with van der Waals surface area (Å²) in [6.45, 7) is 2.58. The lowest BCUT2D eigenvalue weighted by molar-refractivity contribution is 0.0920. The molecule has 8 heteroatoms. The van der Waals surface area contributed by atoms with Crippen molar-refractivity contribution in [3.63, 3.8) is 0 Å². The molecule has 2 aliphatic rings. The number of carbonyl (C=O) groups is 1. The van der Waals surface area contributed by atoms with E-state index in [1.54, 1.807) is 11.3 Å². The van der Waals surface area contributed by atoms with Gasteiger partial charge in [-0.3, -0.25) is 4.79 Å². The number of amides is 1. The first-order chi connectivity index (χ1) is 15.6. The standard InChI is InChI=1S/C24H21N5O2S/c1-13-10-26-20-19-14-4-5-16(23-27-11-18(32-23)24(12-25)8-2-3-9-24)29-15(14)6-7-17(19)31-21(20)22(30)28-13/h4-7,11,13,26H,2-3,8-10H2,1H3,(H,28,30). The van der Waals surface area contributed by atoms with Crippen LogP contribution < -0.4 is 10.6 Å². The van der Waals surface area contributed by atoms with Gasteiger partial charge in [0.1, 0.15) is 10.6 Å². The number of nitriles is 1. The van der Waals surface area contributed by atoms with E-state index in [2.05, 4.69) is 21.7 Å². The maximum absolute atomic E-state index is 12.5. The summed E-state index contributed by atoms with van der Waals surface area (Å²) in [6.07, 6.45) is 5.83. The molecule has 1 aromatic carbocycles. The number of hydrogen-bond donors (Lipinski definition) is 2. The van der Waals surface area contributed by atoms with Crippen molar-refractivity contribution in [3.05, 3.63) is 41.1 Å². The van der Waals surface area contributed by atoms with Gasteiger partial charge in [-0.2, -0.15) is 5.26 Å². The second-order valence-corrected chi connectivity index (χ2v) is 9.72. The molecular weight excluding hydrogens is 422 g/mol. The lowest BCUT2D eigenvalue weighted by Crippen LogP contribution is -2.34. The van der Waals surface area contributed by atoms with Gasteiger partial charge in [-0.1, -0.05) is 12.8 Å². The average molecular weight is 444 g/mol. The number of pyridine rings is 1. The van der Waals surface area contributed by atoms with Crippen molar-refractivity contribution >= 4 is 44.8 Å².